The number of hydrogen-bond acceptors (Lipinski definition) is 4. The van der Waals surface area contributed by atoms with Crippen molar-refractivity contribution in [3.63, 3.8) is 0 Å². The lowest BCUT2D eigenvalue weighted by Gasteiger charge is -2.23. The highest BCUT2D eigenvalue weighted by Crippen LogP contribution is 2.35. The molecule has 2 aliphatic rings. The van der Waals surface area contributed by atoms with Crippen LogP contribution < -0.4 is 9.47 Å². The highest BCUT2D eigenvalue weighted by atomic mass is 16.5. The quantitative estimate of drug-likeness (QED) is 0.447. The first-order chi connectivity index (χ1) is 17.0. The van der Waals surface area contributed by atoms with Crippen molar-refractivity contribution in [2.24, 2.45) is 0 Å². The topological polar surface area (TPSA) is 55.8 Å². The molecular weight excluding hydrogens is 438 g/mol. The number of likely N-dealkylation sites (tertiary alicyclic amines) is 1. The second-order valence-electron chi connectivity index (χ2n) is 9.19. The SMILES string of the molecule is COc1ccc(/C=C(\C)C(=O)N2C(=O)CC[C@H]2c2ccccc2)cc1OC1Cc2ccccc2C1. The third-order valence-corrected chi connectivity index (χ3v) is 6.83. The highest BCUT2D eigenvalue weighted by molar-refractivity contribution is 6.07. The fourth-order valence-electron chi connectivity index (χ4n) is 5.09. The maximum atomic E-state index is 13.3. The van der Waals surface area contributed by atoms with Gasteiger partial charge in [0.1, 0.15) is 6.10 Å². The Labute approximate surface area is 206 Å². The van der Waals surface area contributed by atoms with Crippen LogP contribution >= 0.6 is 0 Å². The molecule has 1 aliphatic carbocycles. The predicted molar refractivity (Wildman–Crippen MR) is 135 cm³/mol. The van der Waals surface area contributed by atoms with Gasteiger partial charge in [-0.25, -0.2) is 0 Å². The first kappa shape index (κ1) is 22.9. The van der Waals surface area contributed by atoms with Crippen molar-refractivity contribution >= 4 is 17.9 Å². The molecule has 1 atom stereocenters. The summed E-state index contributed by atoms with van der Waals surface area (Å²) in [5.74, 6) is 0.918. The summed E-state index contributed by atoms with van der Waals surface area (Å²) >= 11 is 0. The summed E-state index contributed by atoms with van der Waals surface area (Å²) in [6.07, 6.45) is 4.59. The van der Waals surface area contributed by atoms with Crippen molar-refractivity contribution in [1.29, 1.82) is 0 Å². The van der Waals surface area contributed by atoms with E-state index in [9.17, 15) is 9.59 Å². The molecule has 1 fully saturated rings. The van der Waals surface area contributed by atoms with Crippen LogP contribution in [0.15, 0.2) is 78.4 Å². The van der Waals surface area contributed by atoms with Crippen LogP contribution in [0.4, 0.5) is 0 Å². The molecule has 1 heterocycles. The van der Waals surface area contributed by atoms with E-state index in [0.29, 0.717) is 29.9 Å². The molecule has 178 valence electrons. The van der Waals surface area contributed by atoms with Gasteiger partial charge in [-0.05, 0) is 53.8 Å². The molecule has 0 N–H and O–H groups in total. The van der Waals surface area contributed by atoms with Gasteiger partial charge in [0.15, 0.2) is 11.5 Å². The number of benzene rings is 3. The molecule has 35 heavy (non-hydrogen) atoms. The largest absolute Gasteiger partial charge is 0.493 e. The number of rotatable bonds is 6. The summed E-state index contributed by atoms with van der Waals surface area (Å²) in [5, 5.41) is 0. The minimum atomic E-state index is -0.258. The van der Waals surface area contributed by atoms with Gasteiger partial charge >= 0.3 is 0 Å². The average Bonchev–Trinajstić information content (AvgIpc) is 3.47. The van der Waals surface area contributed by atoms with Crippen LogP contribution in [0.25, 0.3) is 6.08 Å². The molecule has 5 nitrogen and oxygen atoms in total. The van der Waals surface area contributed by atoms with E-state index in [4.69, 9.17) is 9.47 Å². The minimum absolute atomic E-state index is 0.0390. The van der Waals surface area contributed by atoms with Crippen molar-refractivity contribution in [2.75, 3.05) is 7.11 Å². The third kappa shape index (κ3) is 4.72. The zero-order valence-corrected chi connectivity index (χ0v) is 20.1. The highest BCUT2D eigenvalue weighted by Gasteiger charge is 2.37. The van der Waals surface area contributed by atoms with E-state index in [2.05, 4.69) is 24.3 Å². The van der Waals surface area contributed by atoms with Gasteiger partial charge in [0.05, 0.1) is 13.2 Å². The van der Waals surface area contributed by atoms with E-state index in [-0.39, 0.29) is 24.0 Å². The summed E-state index contributed by atoms with van der Waals surface area (Å²) in [4.78, 5) is 27.4. The van der Waals surface area contributed by atoms with Crippen molar-refractivity contribution in [3.05, 3.63) is 101 Å². The smallest absolute Gasteiger partial charge is 0.256 e. The summed E-state index contributed by atoms with van der Waals surface area (Å²) in [5.41, 5.74) is 4.95. The summed E-state index contributed by atoms with van der Waals surface area (Å²) in [6.45, 7) is 1.76. The molecule has 0 bridgehead atoms. The Hall–Kier alpha value is -3.86. The standard InChI is InChI=1S/C30H29NO4/c1-20(30(33)31-26(13-15-29(31)32)22-8-4-3-5-9-22)16-21-12-14-27(34-2)28(17-21)35-25-18-23-10-6-7-11-24(23)19-25/h3-12,14,16-17,25-26H,13,15,18-19H2,1-2H3/b20-16+/t26-/m0/s1. The van der Waals surface area contributed by atoms with E-state index in [1.54, 1.807) is 14.0 Å². The Bertz CT molecular complexity index is 1260. The van der Waals surface area contributed by atoms with Crippen LogP contribution in [-0.4, -0.2) is 29.9 Å². The number of ether oxygens (including phenoxy) is 2. The number of fused-ring (bicyclic) bond motifs is 1. The Kier molecular flexibility index (Phi) is 6.41. The molecule has 2 amide bonds. The fourth-order valence-corrected chi connectivity index (χ4v) is 5.09. The zero-order chi connectivity index (χ0) is 24.4. The molecule has 5 heteroatoms. The van der Waals surface area contributed by atoms with Crippen LogP contribution in [0.2, 0.25) is 0 Å². The van der Waals surface area contributed by atoms with E-state index in [0.717, 1.165) is 24.0 Å². The van der Waals surface area contributed by atoms with Gasteiger partial charge in [-0.3, -0.25) is 14.5 Å². The molecule has 0 aromatic heterocycles. The van der Waals surface area contributed by atoms with Gasteiger partial charge in [0, 0.05) is 24.8 Å². The Morgan fingerprint density at radius 3 is 2.31 bits per heavy atom. The fraction of sp³-hybridized carbons (Fsp3) is 0.267. The van der Waals surface area contributed by atoms with Crippen LogP contribution in [0.5, 0.6) is 11.5 Å². The summed E-state index contributed by atoms with van der Waals surface area (Å²) in [6, 6.07) is 23.6. The van der Waals surface area contributed by atoms with E-state index in [1.807, 2.05) is 54.6 Å². The van der Waals surface area contributed by atoms with Crippen molar-refractivity contribution in [3.8, 4) is 11.5 Å². The predicted octanol–water partition coefficient (Wildman–Crippen LogP) is 5.54. The normalized spacial score (nSPS) is 18.0. The minimum Gasteiger partial charge on any atom is -0.493 e. The lowest BCUT2D eigenvalue weighted by molar-refractivity contribution is -0.141. The number of carbonyl (C=O) groups excluding carboxylic acids is 2. The van der Waals surface area contributed by atoms with Gasteiger partial charge in [-0.15, -0.1) is 0 Å². The Balaban J connectivity index is 1.36. The lowest BCUT2D eigenvalue weighted by Crippen LogP contribution is -2.34. The summed E-state index contributed by atoms with van der Waals surface area (Å²) < 4.78 is 11.9. The zero-order valence-electron chi connectivity index (χ0n) is 20.1. The van der Waals surface area contributed by atoms with Crippen LogP contribution in [-0.2, 0) is 22.4 Å². The molecule has 0 radical (unpaired) electrons. The first-order valence-electron chi connectivity index (χ1n) is 12.0. The van der Waals surface area contributed by atoms with Crippen LogP contribution in [0, 0.1) is 0 Å². The number of amides is 2. The number of carbonyl (C=O) groups is 2. The number of imide groups is 1. The average molecular weight is 468 g/mol. The maximum absolute atomic E-state index is 13.3. The molecule has 0 spiro atoms. The van der Waals surface area contributed by atoms with Gasteiger partial charge in [0.2, 0.25) is 5.91 Å². The van der Waals surface area contributed by atoms with E-state index in [1.165, 1.54) is 16.0 Å². The van der Waals surface area contributed by atoms with Crippen molar-refractivity contribution in [1.82, 2.24) is 4.90 Å². The van der Waals surface area contributed by atoms with Gasteiger partial charge in [-0.1, -0.05) is 60.7 Å². The van der Waals surface area contributed by atoms with Gasteiger partial charge in [0.25, 0.3) is 5.91 Å². The number of nitrogens with zero attached hydrogens (tertiary/aromatic N) is 1. The second-order valence-corrected chi connectivity index (χ2v) is 9.19. The summed E-state index contributed by atoms with van der Waals surface area (Å²) in [7, 11) is 1.62. The van der Waals surface area contributed by atoms with Crippen molar-refractivity contribution in [2.45, 2.75) is 44.8 Å². The number of hydrogen-bond donors (Lipinski definition) is 0. The maximum Gasteiger partial charge on any atom is 0.256 e. The molecule has 0 unspecified atom stereocenters. The van der Waals surface area contributed by atoms with Crippen molar-refractivity contribution < 1.29 is 19.1 Å². The Morgan fingerprint density at radius 1 is 0.943 bits per heavy atom. The Morgan fingerprint density at radius 2 is 1.63 bits per heavy atom. The molecule has 5 rings (SSSR count). The lowest BCUT2D eigenvalue weighted by atomic mass is 10.0. The van der Waals surface area contributed by atoms with Crippen LogP contribution in [0.1, 0.15) is 48.1 Å². The monoisotopic (exact) mass is 467 g/mol. The van der Waals surface area contributed by atoms with E-state index < -0.39 is 0 Å². The molecular formula is C30H29NO4. The van der Waals surface area contributed by atoms with E-state index >= 15 is 0 Å². The molecule has 1 aliphatic heterocycles. The van der Waals surface area contributed by atoms with Gasteiger partial charge < -0.3 is 9.47 Å². The molecule has 0 saturated carbocycles. The molecule has 3 aromatic rings. The van der Waals surface area contributed by atoms with Crippen LogP contribution in [0.3, 0.4) is 0 Å². The van der Waals surface area contributed by atoms with Gasteiger partial charge in [-0.2, -0.15) is 0 Å². The first-order valence-corrected chi connectivity index (χ1v) is 12.0. The number of methoxy groups -OCH3 is 1. The molecule has 1 saturated heterocycles. The molecule has 3 aromatic carbocycles. The second kappa shape index (κ2) is 9.79. The third-order valence-electron chi connectivity index (χ3n) is 6.83.